The highest BCUT2D eigenvalue weighted by molar-refractivity contribution is 6.29. The first kappa shape index (κ1) is 14.3. The Morgan fingerprint density at radius 2 is 2.11 bits per heavy atom. The van der Waals surface area contributed by atoms with Gasteiger partial charge in [-0.3, -0.25) is 0 Å². The first-order valence-corrected chi connectivity index (χ1v) is 6.26. The lowest BCUT2D eigenvalue weighted by molar-refractivity contribution is -0.144. The lowest BCUT2D eigenvalue weighted by atomic mass is 10.4. The fraction of sp³-hybridized carbons (Fsp3) is 0.636. The van der Waals surface area contributed by atoms with E-state index in [-0.39, 0.29) is 11.0 Å². The molecular formula is C11H13ClF3N3O. The maximum atomic E-state index is 12.5. The second-order valence-electron chi connectivity index (χ2n) is 4.34. The molecule has 0 aliphatic heterocycles. The van der Waals surface area contributed by atoms with Crippen LogP contribution in [0.3, 0.4) is 0 Å². The van der Waals surface area contributed by atoms with Crippen molar-refractivity contribution >= 4 is 17.4 Å². The molecule has 1 aliphatic carbocycles. The number of alkyl halides is 3. The summed E-state index contributed by atoms with van der Waals surface area (Å²) >= 11 is 5.52. The van der Waals surface area contributed by atoms with Gasteiger partial charge in [-0.25, -0.2) is 9.97 Å². The Kier molecular flexibility index (Phi) is 4.46. The molecule has 0 atom stereocenters. The summed E-state index contributed by atoms with van der Waals surface area (Å²) in [6.45, 7) is 1.50. The molecule has 0 spiro atoms. The lowest BCUT2D eigenvalue weighted by Crippen LogP contribution is -2.15. The normalized spacial score (nSPS) is 15.6. The molecule has 0 aromatic carbocycles. The van der Waals surface area contributed by atoms with Crippen molar-refractivity contribution in [3.63, 3.8) is 0 Å². The summed E-state index contributed by atoms with van der Waals surface area (Å²) in [6, 6.07) is 1.25. The van der Waals surface area contributed by atoms with Gasteiger partial charge in [-0.2, -0.15) is 13.2 Å². The van der Waals surface area contributed by atoms with E-state index in [1.807, 2.05) is 0 Å². The van der Waals surface area contributed by atoms with E-state index in [4.69, 9.17) is 16.3 Å². The molecular weight excluding hydrogens is 283 g/mol. The van der Waals surface area contributed by atoms with Gasteiger partial charge in [0.05, 0.1) is 6.61 Å². The zero-order valence-electron chi connectivity index (χ0n) is 10.0. The van der Waals surface area contributed by atoms with Crippen molar-refractivity contribution in [1.82, 2.24) is 9.97 Å². The smallest absolute Gasteiger partial charge is 0.379 e. The minimum atomic E-state index is -4.61. The summed E-state index contributed by atoms with van der Waals surface area (Å²) in [5, 5.41) is 2.49. The number of aromatic nitrogens is 2. The summed E-state index contributed by atoms with van der Waals surface area (Å²) in [4.78, 5) is 6.50. The van der Waals surface area contributed by atoms with Crippen LogP contribution in [-0.4, -0.2) is 29.7 Å². The van der Waals surface area contributed by atoms with Crippen LogP contribution in [0.5, 0.6) is 0 Å². The van der Waals surface area contributed by atoms with Crippen LogP contribution in [-0.2, 0) is 10.9 Å². The maximum Gasteiger partial charge on any atom is 0.451 e. The molecule has 2 rings (SSSR count). The largest absolute Gasteiger partial charge is 0.451 e. The molecule has 1 aliphatic rings. The van der Waals surface area contributed by atoms with Crippen LogP contribution in [0.1, 0.15) is 18.7 Å². The van der Waals surface area contributed by atoms with Gasteiger partial charge in [0.1, 0.15) is 11.0 Å². The molecule has 106 valence electrons. The molecule has 1 fully saturated rings. The van der Waals surface area contributed by atoms with Crippen LogP contribution in [0.15, 0.2) is 6.07 Å². The Hall–Kier alpha value is -1.08. The van der Waals surface area contributed by atoms with Gasteiger partial charge < -0.3 is 10.1 Å². The van der Waals surface area contributed by atoms with Crippen LogP contribution in [0.25, 0.3) is 0 Å². The minimum absolute atomic E-state index is 0.0438. The highest BCUT2D eigenvalue weighted by Crippen LogP contribution is 2.29. The molecule has 1 aromatic heterocycles. The second kappa shape index (κ2) is 5.92. The van der Waals surface area contributed by atoms with Crippen LogP contribution in [0, 0.1) is 5.92 Å². The monoisotopic (exact) mass is 295 g/mol. The molecule has 0 bridgehead atoms. The van der Waals surface area contributed by atoms with Crippen molar-refractivity contribution in [2.75, 3.05) is 25.1 Å². The van der Waals surface area contributed by atoms with Gasteiger partial charge >= 0.3 is 6.18 Å². The highest BCUT2D eigenvalue weighted by atomic mass is 35.5. The van der Waals surface area contributed by atoms with E-state index in [1.165, 1.54) is 18.9 Å². The van der Waals surface area contributed by atoms with Crippen molar-refractivity contribution in [1.29, 1.82) is 0 Å². The summed E-state index contributed by atoms with van der Waals surface area (Å²) < 4.78 is 42.7. The molecule has 8 heteroatoms. The van der Waals surface area contributed by atoms with Gasteiger partial charge in [-0.1, -0.05) is 11.6 Å². The summed E-state index contributed by atoms with van der Waals surface area (Å²) in [5.74, 6) is -0.547. The predicted octanol–water partition coefficient (Wildman–Crippen LogP) is 2.99. The highest BCUT2D eigenvalue weighted by Gasteiger charge is 2.35. The van der Waals surface area contributed by atoms with Crippen LogP contribution < -0.4 is 5.32 Å². The standard InChI is InChI=1S/C11H13ClF3N3O/c12-8-5-9(18-10(17-8)11(13,14)15)16-3-4-19-6-7-1-2-7/h5,7H,1-4,6H2,(H,16,17,18). The predicted molar refractivity (Wildman–Crippen MR) is 64.1 cm³/mol. The van der Waals surface area contributed by atoms with Gasteiger partial charge in [0.25, 0.3) is 0 Å². The Bertz CT molecular complexity index is 438. The molecule has 1 aromatic rings. The first-order valence-electron chi connectivity index (χ1n) is 5.88. The van der Waals surface area contributed by atoms with Gasteiger partial charge in [-0.05, 0) is 18.8 Å². The number of nitrogens with one attached hydrogen (secondary N) is 1. The molecule has 0 amide bonds. The molecule has 0 radical (unpaired) electrons. The number of hydrogen-bond donors (Lipinski definition) is 1. The van der Waals surface area contributed by atoms with Gasteiger partial charge in [0, 0.05) is 19.2 Å². The molecule has 1 saturated carbocycles. The summed E-state index contributed by atoms with van der Waals surface area (Å²) in [7, 11) is 0. The molecule has 0 unspecified atom stereocenters. The van der Waals surface area contributed by atoms with Crippen molar-refractivity contribution in [3.05, 3.63) is 17.0 Å². The number of anilines is 1. The molecule has 4 nitrogen and oxygen atoms in total. The van der Waals surface area contributed by atoms with Gasteiger partial charge in [0.15, 0.2) is 0 Å². The number of nitrogens with zero attached hydrogens (tertiary/aromatic N) is 2. The minimum Gasteiger partial charge on any atom is -0.379 e. The van der Waals surface area contributed by atoms with Gasteiger partial charge in [-0.15, -0.1) is 0 Å². The first-order chi connectivity index (χ1) is 8.95. The van der Waals surface area contributed by atoms with E-state index in [1.54, 1.807) is 0 Å². The quantitative estimate of drug-likeness (QED) is 0.647. The fourth-order valence-corrected chi connectivity index (χ4v) is 1.60. The third-order valence-corrected chi connectivity index (χ3v) is 2.75. The average Bonchev–Trinajstić information content (AvgIpc) is 3.10. The van der Waals surface area contributed by atoms with Gasteiger partial charge in [0.2, 0.25) is 5.82 Å². The van der Waals surface area contributed by atoms with Crippen molar-refractivity contribution in [2.24, 2.45) is 5.92 Å². The van der Waals surface area contributed by atoms with E-state index in [2.05, 4.69) is 15.3 Å². The number of ether oxygens (including phenoxy) is 1. The molecule has 0 saturated heterocycles. The average molecular weight is 296 g/mol. The van der Waals surface area contributed by atoms with E-state index >= 15 is 0 Å². The Labute approximate surface area is 113 Å². The van der Waals surface area contributed by atoms with Crippen molar-refractivity contribution in [2.45, 2.75) is 19.0 Å². The third kappa shape index (κ3) is 4.83. The van der Waals surface area contributed by atoms with Crippen LogP contribution >= 0.6 is 11.6 Å². The van der Waals surface area contributed by atoms with Crippen LogP contribution in [0.4, 0.5) is 19.0 Å². The molecule has 1 N–H and O–H groups in total. The van der Waals surface area contributed by atoms with Crippen LogP contribution in [0.2, 0.25) is 5.15 Å². The SMILES string of the molecule is FC(F)(F)c1nc(Cl)cc(NCCOCC2CC2)n1. The van der Waals surface area contributed by atoms with E-state index in [0.717, 1.165) is 0 Å². The summed E-state index contributed by atoms with van der Waals surface area (Å²) in [6.07, 6.45) is -2.21. The zero-order valence-corrected chi connectivity index (χ0v) is 10.8. The fourth-order valence-electron chi connectivity index (χ4n) is 1.42. The van der Waals surface area contributed by atoms with E-state index in [9.17, 15) is 13.2 Å². The number of hydrogen-bond acceptors (Lipinski definition) is 4. The Morgan fingerprint density at radius 3 is 2.74 bits per heavy atom. The molecule has 19 heavy (non-hydrogen) atoms. The summed E-state index contributed by atoms with van der Waals surface area (Å²) in [5.41, 5.74) is 0. The zero-order chi connectivity index (χ0) is 13.9. The second-order valence-corrected chi connectivity index (χ2v) is 4.73. The lowest BCUT2D eigenvalue weighted by Gasteiger charge is -2.09. The number of rotatable bonds is 6. The van der Waals surface area contributed by atoms with Crippen molar-refractivity contribution < 1.29 is 17.9 Å². The Morgan fingerprint density at radius 1 is 1.37 bits per heavy atom. The maximum absolute atomic E-state index is 12.5. The molecule has 1 heterocycles. The number of halogens is 4. The third-order valence-electron chi connectivity index (χ3n) is 2.55. The topological polar surface area (TPSA) is 47.0 Å². The van der Waals surface area contributed by atoms with E-state index < -0.39 is 12.0 Å². The van der Waals surface area contributed by atoms with E-state index in [0.29, 0.717) is 25.7 Å². The van der Waals surface area contributed by atoms with Crippen molar-refractivity contribution in [3.8, 4) is 0 Å². The Balaban J connectivity index is 1.83.